The molecule has 172 valence electrons. The van der Waals surface area contributed by atoms with Crippen molar-refractivity contribution < 1.29 is 14.0 Å². The number of hydrogen-bond acceptors (Lipinski definition) is 4. The SMILES string of the molecule is CCN(CC)C[C@H](C)CNC(=O)c1ccc2c(c1)N(Cc1c(F)cccc1Cl)C(=O)CS2. The number of hydrogen-bond donors (Lipinski definition) is 1. The van der Waals surface area contributed by atoms with Crippen molar-refractivity contribution >= 4 is 40.9 Å². The Bertz CT molecular complexity index is 963. The minimum atomic E-state index is -0.457. The summed E-state index contributed by atoms with van der Waals surface area (Å²) in [6.45, 7) is 9.82. The van der Waals surface area contributed by atoms with Crippen LogP contribution in [0.1, 0.15) is 36.7 Å². The van der Waals surface area contributed by atoms with Crippen molar-refractivity contribution in [2.75, 3.05) is 36.8 Å². The Labute approximate surface area is 198 Å². The van der Waals surface area contributed by atoms with Crippen LogP contribution in [-0.2, 0) is 11.3 Å². The number of nitrogens with zero attached hydrogens (tertiary/aromatic N) is 2. The standard InChI is InChI=1S/C24H29ClFN3O2S/c1-4-28(5-2)13-16(3)12-27-24(31)17-9-10-22-21(11-17)29(23(30)15-32-22)14-18-19(25)7-6-8-20(18)26/h6-11,16H,4-5,12-15H2,1-3H3,(H,27,31)/t16-/m1/s1. The molecule has 1 N–H and O–H groups in total. The summed E-state index contributed by atoms with van der Waals surface area (Å²) in [5, 5.41) is 3.27. The maximum atomic E-state index is 14.3. The molecule has 0 saturated heterocycles. The van der Waals surface area contributed by atoms with E-state index < -0.39 is 5.82 Å². The van der Waals surface area contributed by atoms with Gasteiger partial charge >= 0.3 is 0 Å². The van der Waals surface area contributed by atoms with Crippen LogP contribution in [0.25, 0.3) is 0 Å². The van der Waals surface area contributed by atoms with Gasteiger partial charge in [0.05, 0.1) is 18.0 Å². The molecule has 1 atom stereocenters. The van der Waals surface area contributed by atoms with Gasteiger partial charge in [-0.2, -0.15) is 0 Å². The van der Waals surface area contributed by atoms with Gasteiger partial charge in [-0.1, -0.05) is 38.4 Å². The molecule has 32 heavy (non-hydrogen) atoms. The number of halogens is 2. The molecule has 0 aliphatic carbocycles. The van der Waals surface area contributed by atoms with E-state index in [0.717, 1.165) is 24.5 Å². The molecule has 0 aromatic heterocycles. The number of carbonyl (C=O) groups is 2. The minimum absolute atomic E-state index is 0.0177. The summed E-state index contributed by atoms with van der Waals surface area (Å²) in [5.41, 5.74) is 1.34. The monoisotopic (exact) mass is 477 g/mol. The van der Waals surface area contributed by atoms with Gasteiger partial charge in [-0.05, 0) is 49.3 Å². The Balaban J connectivity index is 1.76. The molecule has 8 heteroatoms. The van der Waals surface area contributed by atoms with Crippen LogP contribution in [0.5, 0.6) is 0 Å². The van der Waals surface area contributed by atoms with Crippen LogP contribution >= 0.6 is 23.4 Å². The number of benzene rings is 2. The van der Waals surface area contributed by atoms with Crippen LogP contribution in [0.4, 0.5) is 10.1 Å². The lowest BCUT2D eigenvalue weighted by molar-refractivity contribution is -0.116. The highest BCUT2D eigenvalue weighted by Crippen LogP contribution is 2.37. The molecule has 2 aromatic carbocycles. The first-order chi connectivity index (χ1) is 15.3. The molecule has 0 spiro atoms. The summed E-state index contributed by atoms with van der Waals surface area (Å²) in [5.74, 6) is -0.221. The highest BCUT2D eigenvalue weighted by atomic mass is 35.5. The third kappa shape index (κ3) is 5.82. The van der Waals surface area contributed by atoms with E-state index in [-0.39, 0.29) is 34.7 Å². The van der Waals surface area contributed by atoms with E-state index in [1.165, 1.54) is 28.8 Å². The second-order valence-electron chi connectivity index (χ2n) is 7.95. The van der Waals surface area contributed by atoms with Gasteiger partial charge in [0, 0.05) is 34.1 Å². The van der Waals surface area contributed by atoms with Crippen LogP contribution in [0.3, 0.4) is 0 Å². The van der Waals surface area contributed by atoms with E-state index in [9.17, 15) is 14.0 Å². The maximum absolute atomic E-state index is 14.3. The summed E-state index contributed by atoms with van der Waals surface area (Å²) in [4.78, 5) is 30.2. The zero-order chi connectivity index (χ0) is 23.3. The van der Waals surface area contributed by atoms with Crippen molar-refractivity contribution in [2.24, 2.45) is 5.92 Å². The molecule has 1 aliphatic heterocycles. The molecule has 5 nitrogen and oxygen atoms in total. The number of amides is 2. The van der Waals surface area contributed by atoms with Crippen molar-refractivity contribution in [3.63, 3.8) is 0 Å². The third-order valence-electron chi connectivity index (χ3n) is 5.62. The highest BCUT2D eigenvalue weighted by Gasteiger charge is 2.27. The third-order valence-corrected chi connectivity index (χ3v) is 7.02. The number of thioether (sulfide) groups is 1. The van der Waals surface area contributed by atoms with E-state index in [1.807, 2.05) is 6.07 Å². The van der Waals surface area contributed by atoms with Crippen molar-refractivity contribution in [3.05, 3.63) is 58.4 Å². The van der Waals surface area contributed by atoms with Gasteiger partial charge in [-0.3, -0.25) is 9.59 Å². The molecule has 3 rings (SSSR count). The normalized spacial score (nSPS) is 14.4. The largest absolute Gasteiger partial charge is 0.352 e. The van der Waals surface area contributed by atoms with Gasteiger partial charge < -0.3 is 15.1 Å². The van der Waals surface area contributed by atoms with Crippen LogP contribution in [0.15, 0.2) is 41.3 Å². The molecule has 0 fully saturated rings. The topological polar surface area (TPSA) is 52.7 Å². The van der Waals surface area contributed by atoms with Crippen LogP contribution in [-0.4, -0.2) is 48.6 Å². The second-order valence-corrected chi connectivity index (χ2v) is 9.38. The summed E-state index contributed by atoms with van der Waals surface area (Å²) in [6.07, 6.45) is 0. The van der Waals surface area contributed by atoms with E-state index in [2.05, 4.69) is 31.0 Å². The maximum Gasteiger partial charge on any atom is 0.251 e. The van der Waals surface area contributed by atoms with Gasteiger partial charge in [-0.15, -0.1) is 11.8 Å². The smallest absolute Gasteiger partial charge is 0.251 e. The van der Waals surface area contributed by atoms with Gasteiger partial charge in [0.1, 0.15) is 5.82 Å². The molecular weight excluding hydrogens is 449 g/mol. The van der Waals surface area contributed by atoms with Crippen molar-refractivity contribution in [2.45, 2.75) is 32.2 Å². The predicted molar refractivity (Wildman–Crippen MR) is 129 cm³/mol. The van der Waals surface area contributed by atoms with Gasteiger partial charge in [0.2, 0.25) is 5.91 Å². The Morgan fingerprint density at radius 1 is 1.28 bits per heavy atom. The van der Waals surface area contributed by atoms with E-state index in [0.29, 0.717) is 23.7 Å². The van der Waals surface area contributed by atoms with Crippen LogP contribution < -0.4 is 10.2 Å². The lowest BCUT2D eigenvalue weighted by Crippen LogP contribution is -2.36. The Hall–Kier alpha value is -2.09. The number of rotatable bonds is 9. The molecule has 2 aromatic rings. The summed E-state index contributed by atoms with van der Waals surface area (Å²) >= 11 is 7.60. The van der Waals surface area contributed by atoms with Gasteiger partial charge in [0.15, 0.2) is 0 Å². The molecular formula is C24H29ClFN3O2S. The summed E-state index contributed by atoms with van der Waals surface area (Å²) in [7, 11) is 0. The highest BCUT2D eigenvalue weighted by molar-refractivity contribution is 8.00. The fourth-order valence-corrected chi connectivity index (χ4v) is 4.85. The lowest BCUT2D eigenvalue weighted by Gasteiger charge is -2.30. The van der Waals surface area contributed by atoms with E-state index >= 15 is 0 Å². The van der Waals surface area contributed by atoms with Gasteiger partial charge in [-0.25, -0.2) is 4.39 Å². The molecule has 0 bridgehead atoms. The molecule has 0 radical (unpaired) electrons. The Kier molecular flexibility index (Phi) is 8.57. The Morgan fingerprint density at radius 2 is 2.03 bits per heavy atom. The first-order valence-corrected chi connectivity index (χ1v) is 12.2. The fourth-order valence-electron chi connectivity index (χ4n) is 3.71. The van der Waals surface area contributed by atoms with Gasteiger partial charge in [0.25, 0.3) is 5.91 Å². The quantitative estimate of drug-likeness (QED) is 0.562. The zero-order valence-corrected chi connectivity index (χ0v) is 20.2. The average Bonchev–Trinajstić information content (AvgIpc) is 2.79. The lowest BCUT2D eigenvalue weighted by atomic mass is 10.1. The summed E-state index contributed by atoms with van der Waals surface area (Å²) < 4.78 is 14.3. The molecule has 2 amide bonds. The van der Waals surface area contributed by atoms with E-state index in [4.69, 9.17) is 11.6 Å². The molecule has 0 unspecified atom stereocenters. The molecule has 1 aliphatic rings. The molecule has 0 saturated carbocycles. The number of carbonyl (C=O) groups excluding carboxylic acids is 2. The predicted octanol–water partition coefficient (Wildman–Crippen LogP) is 4.83. The van der Waals surface area contributed by atoms with E-state index in [1.54, 1.807) is 18.2 Å². The number of anilines is 1. The van der Waals surface area contributed by atoms with Crippen molar-refractivity contribution in [1.29, 1.82) is 0 Å². The minimum Gasteiger partial charge on any atom is -0.352 e. The van der Waals surface area contributed by atoms with Crippen molar-refractivity contribution in [1.82, 2.24) is 10.2 Å². The van der Waals surface area contributed by atoms with Crippen molar-refractivity contribution in [3.8, 4) is 0 Å². The molecule has 1 heterocycles. The zero-order valence-electron chi connectivity index (χ0n) is 18.7. The fraction of sp³-hybridized carbons (Fsp3) is 0.417. The summed E-state index contributed by atoms with van der Waals surface area (Å²) in [6, 6.07) is 9.78. The first kappa shape index (κ1) is 24.6. The Morgan fingerprint density at radius 3 is 2.72 bits per heavy atom. The van der Waals surface area contributed by atoms with Crippen LogP contribution in [0, 0.1) is 11.7 Å². The second kappa shape index (κ2) is 11.2. The first-order valence-electron chi connectivity index (χ1n) is 10.8. The average molecular weight is 478 g/mol. The number of nitrogens with one attached hydrogen (secondary N) is 1. The number of fused-ring (bicyclic) bond motifs is 1. The van der Waals surface area contributed by atoms with Crippen LogP contribution in [0.2, 0.25) is 5.02 Å².